The van der Waals surface area contributed by atoms with Gasteiger partial charge in [-0.3, -0.25) is 4.79 Å². The third-order valence-corrected chi connectivity index (χ3v) is 4.65. The molecule has 1 heterocycles. The molecule has 2 aromatic carbocycles. The summed E-state index contributed by atoms with van der Waals surface area (Å²) in [4.78, 5) is 12.4. The predicted molar refractivity (Wildman–Crippen MR) is 102 cm³/mol. The Morgan fingerprint density at radius 1 is 1.17 bits per heavy atom. The average molecular weight is 365 g/mol. The van der Waals surface area contributed by atoms with Crippen molar-refractivity contribution in [3.63, 3.8) is 0 Å². The molecule has 1 aliphatic rings. The zero-order chi connectivity index (χ0) is 16.1. The maximum Gasteiger partial charge on any atom is 0.252 e. The smallest absolute Gasteiger partial charge is 0.252 e. The average Bonchev–Trinajstić information content (AvgIpc) is 3.09. The summed E-state index contributed by atoms with van der Waals surface area (Å²) in [5.41, 5.74) is 2.62. The summed E-state index contributed by atoms with van der Waals surface area (Å²) in [7, 11) is 0. The Kier molecular flexibility index (Phi) is 7.10. The molecule has 2 aromatic rings. The van der Waals surface area contributed by atoms with E-state index in [0.717, 1.165) is 30.6 Å². The van der Waals surface area contributed by atoms with Crippen molar-refractivity contribution >= 4 is 29.9 Å². The Balaban J connectivity index is 0.00000208. The molecular weight excluding hydrogens is 343 g/mol. The molecule has 1 unspecified atom stereocenters. The summed E-state index contributed by atoms with van der Waals surface area (Å²) in [6.07, 6.45) is 2.20. The van der Waals surface area contributed by atoms with Crippen molar-refractivity contribution in [2.45, 2.75) is 12.8 Å². The summed E-state index contributed by atoms with van der Waals surface area (Å²) in [6.45, 7) is 2.83. The first-order chi connectivity index (χ1) is 11.2. The molecule has 3 rings (SSSR count). The van der Waals surface area contributed by atoms with Gasteiger partial charge in [0.1, 0.15) is 0 Å². The van der Waals surface area contributed by atoms with Gasteiger partial charge in [-0.05, 0) is 55.1 Å². The molecule has 24 heavy (non-hydrogen) atoms. The third-order valence-electron chi connectivity index (χ3n) is 4.32. The minimum atomic E-state index is -0.0984. The number of nitrogens with one attached hydrogen (secondary N) is 2. The van der Waals surface area contributed by atoms with Gasteiger partial charge in [-0.1, -0.05) is 48.0 Å². The van der Waals surface area contributed by atoms with Gasteiger partial charge in [-0.2, -0.15) is 0 Å². The minimum Gasteiger partial charge on any atom is -0.352 e. The number of hydrogen-bond acceptors (Lipinski definition) is 2. The first-order valence-corrected chi connectivity index (χ1v) is 8.46. The van der Waals surface area contributed by atoms with Gasteiger partial charge in [0.25, 0.3) is 5.91 Å². The Labute approximate surface area is 154 Å². The Hall–Kier alpha value is -1.55. The van der Waals surface area contributed by atoms with Crippen LogP contribution in [-0.4, -0.2) is 25.5 Å². The summed E-state index contributed by atoms with van der Waals surface area (Å²) in [6, 6.07) is 15.6. The highest BCUT2D eigenvalue weighted by molar-refractivity contribution is 6.34. The van der Waals surface area contributed by atoms with E-state index >= 15 is 0 Å². The second-order valence-corrected chi connectivity index (χ2v) is 6.37. The van der Waals surface area contributed by atoms with E-state index in [4.69, 9.17) is 11.6 Å². The summed E-state index contributed by atoms with van der Waals surface area (Å²) in [5, 5.41) is 6.83. The van der Waals surface area contributed by atoms with Gasteiger partial charge in [-0.25, -0.2) is 0 Å². The van der Waals surface area contributed by atoms with Crippen LogP contribution in [0.4, 0.5) is 0 Å². The largest absolute Gasteiger partial charge is 0.352 e. The van der Waals surface area contributed by atoms with Crippen LogP contribution in [0.2, 0.25) is 5.02 Å². The van der Waals surface area contributed by atoms with Crippen molar-refractivity contribution in [1.82, 2.24) is 10.6 Å². The lowest BCUT2D eigenvalue weighted by Gasteiger charge is -2.11. The Morgan fingerprint density at radius 2 is 1.96 bits per heavy atom. The summed E-state index contributed by atoms with van der Waals surface area (Å²) in [5.74, 6) is 0.570. The van der Waals surface area contributed by atoms with Gasteiger partial charge in [0.15, 0.2) is 0 Å². The van der Waals surface area contributed by atoms with Crippen molar-refractivity contribution in [1.29, 1.82) is 0 Å². The monoisotopic (exact) mass is 364 g/mol. The number of benzene rings is 2. The van der Waals surface area contributed by atoms with E-state index in [1.54, 1.807) is 6.07 Å². The van der Waals surface area contributed by atoms with Crippen LogP contribution < -0.4 is 10.6 Å². The molecule has 1 atom stereocenters. The fourth-order valence-corrected chi connectivity index (χ4v) is 3.16. The summed E-state index contributed by atoms with van der Waals surface area (Å²) >= 11 is 6.21. The van der Waals surface area contributed by atoms with Crippen LogP contribution in [0.25, 0.3) is 11.1 Å². The third kappa shape index (κ3) is 4.73. The molecule has 0 aliphatic carbocycles. The van der Waals surface area contributed by atoms with Crippen molar-refractivity contribution < 1.29 is 4.79 Å². The van der Waals surface area contributed by atoms with E-state index in [-0.39, 0.29) is 18.3 Å². The number of amides is 1. The maximum atomic E-state index is 12.4. The molecule has 1 amide bonds. The van der Waals surface area contributed by atoms with Crippen molar-refractivity contribution in [2.24, 2.45) is 5.92 Å². The lowest BCUT2D eigenvalue weighted by molar-refractivity contribution is 0.0952. The minimum absolute atomic E-state index is 0. The van der Waals surface area contributed by atoms with E-state index < -0.39 is 0 Å². The first kappa shape index (κ1) is 18.8. The van der Waals surface area contributed by atoms with E-state index in [9.17, 15) is 4.79 Å². The number of carbonyl (C=O) groups is 1. The van der Waals surface area contributed by atoms with Crippen LogP contribution in [0.15, 0.2) is 48.5 Å². The Bertz CT molecular complexity index is 670. The Morgan fingerprint density at radius 3 is 2.67 bits per heavy atom. The number of rotatable bonds is 5. The number of halogens is 2. The standard InChI is InChI=1S/C19H21ClN2O.ClH/c20-18-7-6-16(15-4-2-1-3-5-15)12-17(18)19(23)22-11-9-14-8-10-21-13-14;/h1-7,12,14,21H,8-11,13H2,(H,22,23);1H. The molecule has 1 aliphatic heterocycles. The van der Waals surface area contributed by atoms with Gasteiger partial charge in [0, 0.05) is 6.54 Å². The molecule has 0 bridgehead atoms. The lowest BCUT2D eigenvalue weighted by Crippen LogP contribution is -2.26. The van der Waals surface area contributed by atoms with Gasteiger partial charge < -0.3 is 10.6 Å². The quantitative estimate of drug-likeness (QED) is 0.836. The first-order valence-electron chi connectivity index (χ1n) is 8.08. The van der Waals surface area contributed by atoms with E-state index in [0.29, 0.717) is 23.0 Å². The van der Waals surface area contributed by atoms with Gasteiger partial charge >= 0.3 is 0 Å². The number of hydrogen-bond donors (Lipinski definition) is 2. The molecule has 0 saturated carbocycles. The molecular formula is C19H22Cl2N2O. The highest BCUT2D eigenvalue weighted by atomic mass is 35.5. The fourth-order valence-electron chi connectivity index (χ4n) is 2.96. The molecule has 2 N–H and O–H groups in total. The fraction of sp³-hybridized carbons (Fsp3) is 0.316. The molecule has 5 heteroatoms. The van der Waals surface area contributed by atoms with E-state index in [1.807, 2.05) is 42.5 Å². The normalized spacial score (nSPS) is 16.5. The van der Waals surface area contributed by atoms with Gasteiger partial charge in [0.05, 0.1) is 10.6 Å². The second-order valence-electron chi connectivity index (χ2n) is 5.96. The van der Waals surface area contributed by atoms with Crippen LogP contribution in [0.3, 0.4) is 0 Å². The zero-order valence-electron chi connectivity index (χ0n) is 13.4. The maximum absolute atomic E-state index is 12.4. The van der Waals surface area contributed by atoms with Crippen LogP contribution in [0.1, 0.15) is 23.2 Å². The molecule has 0 radical (unpaired) electrons. The molecule has 3 nitrogen and oxygen atoms in total. The number of carbonyl (C=O) groups excluding carboxylic acids is 1. The van der Waals surface area contributed by atoms with Gasteiger partial charge in [-0.15, -0.1) is 12.4 Å². The van der Waals surface area contributed by atoms with Crippen molar-refractivity contribution in [3.05, 3.63) is 59.1 Å². The molecule has 0 aromatic heterocycles. The van der Waals surface area contributed by atoms with Crippen LogP contribution in [0.5, 0.6) is 0 Å². The molecule has 128 valence electrons. The van der Waals surface area contributed by atoms with Crippen LogP contribution >= 0.6 is 24.0 Å². The van der Waals surface area contributed by atoms with Crippen LogP contribution in [-0.2, 0) is 0 Å². The van der Waals surface area contributed by atoms with Crippen molar-refractivity contribution in [2.75, 3.05) is 19.6 Å². The van der Waals surface area contributed by atoms with Crippen LogP contribution in [0, 0.1) is 5.92 Å². The zero-order valence-corrected chi connectivity index (χ0v) is 15.0. The predicted octanol–water partition coefficient (Wildman–Crippen LogP) is 4.16. The van der Waals surface area contributed by atoms with E-state index in [2.05, 4.69) is 10.6 Å². The molecule has 0 spiro atoms. The lowest BCUT2D eigenvalue weighted by atomic mass is 10.0. The molecule has 1 saturated heterocycles. The SMILES string of the molecule is Cl.O=C(NCCC1CCNC1)c1cc(-c2ccccc2)ccc1Cl. The van der Waals surface area contributed by atoms with E-state index in [1.165, 1.54) is 6.42 Å². The summed E-state index contributed by atoms with van der Waals surface area (Å²) < 4.78 is 0. The topological polar surface area (TPSA) is 41.1 Å². The highest BCUT2D eigenvalue weighted by Gasteiger charge is 2.16. The second kappa shape index (κ2) is 9.07. The van der Waals surface area contributed by atoms with Crippen molar-refractivity contribution in [3.8, 4) is 11.1 Å². The molecule has 1 fully saturated rings. The highest BCUT2D eigenvalue weighted by Crippen LogP contribution is 2.25. The van der Waals surface area contributed by atoms with Gasteiger partial charge in [0.2, 0.25) is 0 Å².